The Morgan fingerprint density at radius 1 is 1.19 bits per heavy atom. The number of nitrogens with one attached hydrogen (secondary N) is 2. The summed E-state index contributed by atoms with van der Waals surface area (Å²) in [5.74, 6) is 0.561. The van der Waals surface area contributed by atoms with Crippen molar-refractivity contribution in [2.75, 3.05) is 31.5 Å². The molecule has 4 aromatic rings. The Morgan fingerprint density at radius 2 is 2.00 bits per heavy atom. The van der Waals surface area contributed by atoms with Gasteiger partial charge in [-0.15, -0.1) is 0 Å². The van der Waals surface area contributed by atoms with Gasteiger partial charge >= 0.3 is 0 Å². The Morgan fingerprint density at radius 3 is 2.72 bits per heavy atom. The standard InChI is InChI=1S/C22H23ClN8O/c1-14-12-31-19(15-10-26-29(2)13-15)11-25-21(31)20(27-14)28-16-3-4-17(18(23)9-16)22(32)30-7-5-24-6-8-30/h3-4,9-13,24H,5-8H2,1-2H3,(H,27,28). The maximum atomic E-state index is 12.8. The van der Waals surface area contributed by atoms with Crippen molar-refractivity contribution in [2.24, 2.45) is 7.05 Å². The van der Waals surface area contributed by atoms with Crippen molar-refractivity contribution in [3.63, 3.8) is 0 Å². The zero-order chi connectivity index (χ0) is 22.2. The second-order valence-corrected chi connectivity index (χ2v) is 8.24. The molecule has 0 bridgehead atoms. The Kier molecular flexibility index (Phi) is 5.28. The number of amides is 1. The average molecular weight is 451 g/mol. The molecule has 2 N–H and O–H groups in total. The van der Waals surface area contributed by atoms with E-state index in [0.29, 0.717) is 35.1 Å². The molecule has 4 heterocycles. The van der Waals surface area contributed by atoms with Gasteiger partial charge in [0.15, 0.2) is 11.5 Å². The second-order valence-electron chi connectivity index (χ2n) is 7.83. The summed E-state index contributed by atoms with van der Waals surface area (Å²) in [6.45, 7) is 4.88. The zero-order valence-corrected chi connectivity index (χ0v) is 18.6. The van der Waals surface area contributed by atoms with Crippen molar-refractivity contribution in [3.05, 3.63) is 59.3 Å². The maximum Gasteiger partial charge on any atom is 0.255 e. The van der Waals surface area contributed by atoms with Crippen LogP contribution in [0.15, 0.2) is 43.0 Å². The van der Waals surface area contributed by atoms with Gasteiger partial charge in [-0.2, -0.15) is 5.10 Å². The van der Waals surface area contributed by atoms with E-state index in [4.69, 9.17) is 11.6 Å². The first-order chi connectivity index (χ1) is 15.5. The van der Waals surface area contributed by atoms with Gasteiger partial charge in [0.25, 0.3) is 5.91 Å². The number of carbonyl (C=O) groups is 1. The molecule has 0 atom stereocenters. The van der Waals surface area contributed by atoms with E-state index in [2.05, 4.69) is 25.7 Å². The molecule has 0 radical (unpaired) electrons. The largest absolute Gasteiger partial charge is 0.337 e. The van der Waals surface area contributed by atoms with Gasteiger partial charge in [0.05, 0.1) is 34.4 Å². The highest BCUT2D eigenvalue weighted by molar-refractivity contribution is 6.34. The van der Waals surface area contributed by atoms with Gasteiger partial charge in [-0.05, 0) is 25.1 Å². The molecule has 1 aliphatic heterocycles. The van der Waals surface area contributed by atoms with Gasteiger partial charge in [0, 0.05) is 56.9 Å². The van der Waals surface area contributed by atoms with Crippen molar-refractivity contribution < 1.29 is 4.79 Å². The van der Waals surface area contributed by atoms with E-state index in [0.717, 1.165) is 35.7 Å². The Bertz CT molecular complexity index is 1300. The third-order valence-electron chi connectivity index (χ3n) is 5.48. The number of aromatic nitrogens is 5. The normalized spacial score (nSPS) is 14.2. The predicted octanol–water partition coefficient (Wildman–Crippen LogP) is 2.88. The lowest BCUT2D eigenvalue weighted by Gasteiger charge is -2.27. The molecule has 1 aliphatic rings. The molecule has 1 saturated heterocycles. The molecule has 9 nitrogen and oxygen atoms in total. The van der Waals surface area contributed by atoms with E-state index >= 15 is 0 Å². The van der Waals surface area contributed by atoms with E-state index in [1.54, 1.807) is 29.2 Å². The lowest BCUT2D eigenvalue weighted by atomic mass is 10.1. The molecule has 1 fully saturated rings. The molecule has 3 aromatic heterocycles. The molecule has 0 aliphatic carbocycles. The summed E-state index contributed by atoms with van der Waals surface area (Å²) in [4.78, 5) is 23.8. The molecule has 10 heteroatoms. The van der Waals surface area contributed by atoms with Crippen LogP contribution >= 0.6 is 11.6 Å². The van der Waals surface area contributed by atoms with Crippen molar-refractivity contribution in [1.82, 2.24) is 34.4 Å². The number of hydrogen-bond acceptors (Lipinski definition) is 6. The number of aryl methyl sites for hydroxylation is 2. The monoisotopic (exact) mass is 450 g/mol. The van der Waals surface area contributed by atoms with E-state index in [1.165, 1.54) is 0 Å². The topological polar surface area (TPSA) is 92.4 Å². The van der Waals surface area contributed by atoms with Crippen LogP contribution in [-0.4, -0.2) is 61.1 Å². The number of imidazole rings is 1. The minimum absolute atomic E-state index is 0.0477. The van der Waals surface area contributed by atoms with Gasteiger partial charge in [-0.25, -0.2) is 9.97 Å². The van der Waals surface area contributed by atoms with Crippen LogP contribution in [0.4, 0.5) is 11.5 Å². The van der Waals surface area contributed by atoms with Crippen LogP contribution in [0.1, 0.15) is 16.1 Å². The average Bonchev–Trinajstić information content (AvgIpc) is 3.40. The smallest absolute Gasteiger partial charge is 0.255 e. The fourth-order valence-corrected chi connectivity index (χ4v) is 4.16. The maximum absolute atomic E-state index is 12.8. The summed E-state index contributed by atoms with van der Waals surface area (Å²) in [5, 5.41) is 11.2. The highest BCUT2D eigenvalue weighted by atomic mass is 35.5. The third kappa shape index (κ3) is 3.80. The van der Waals surface area contributed by atoms with Gasteiger partial charge in [-0.3, -0.25) is 13.9 Å². The van der Waals surface area contributed by atoms with E-state index in [-0.39, 0.29) is 5.91 Å². The number of piperazine rings is 1. The molecular formula is C22H23ClN8O. The summed E-state index contributed by atoms with van der Waals surface area (Å²) in [7, 11) is 1.88. The predicted molar refractivity (Wildman–Crippen MR) is 123 cm³/mol. The number of rotatable bonds is 4. The van der Waals surface area contributed by atoms with Crippen LogP contribution in [0, 0.1) is 6.92 Å². The van der Waals surface area contributed by atoms with E-state index < -0.39 is 0 Å². The second kappa shape index (κ2) is 8.25. The van der Waals surface area contributed by atoms with Crippen LogP contribution < -0.4 is 10.6 Å². The first-order valence-corrected chi connectivity index (χ1v) is 10.8. The third-order valence-corrected chi connectivity index (χ3v) is 5.79. The summed E-state index contributed by atoms with van der Waals surface area (Å²) in [6.07, 6.45) is 7.50. The van der Waals surface area contributed by atoms with Crippen LogP contribution in [0.3, 0.4) is 0 Å². The molecule has 32 heavy (non-hydrogen) atoms. The van der Waals surface area contributed by atoms with Crippen molar-refractivity contribution in [3.8, 4) is 11.3 Å². The molecule has 1 amide bonds. The molecule has 164 valence electrons. The Balaban J connectivity index is 1.45. The van der Waals surface area contributed by atoms with Gasteiger partial charge < -0.3 is 15.5 Å². The Labute approximate surface area is 190 Å². The van der Waals surface area contributed by atoms with Gasteiger partial charge in [0.2, 0.25) is 0 Å². The minimum atomic E-state index is -0.0477. The van der Waals surface area contributed by atoms with Crippen molar-refractivity contribution in [1.29, 1.82) is 0 Å². The number of hydrogen-bond donors (Lipinski definition) is 2. The van der Waals surface area contributed by atoms with Crippen LogP contribution in [0.25, 0.3) is 16.9 Å². The SMILES string of the molecule is Cc1cn2c(-c3cnn(C)c3)cnc2c(Nc2ccc(C(=O)N3CCNCC3)c(Cl)c2)n1. The number of anilines is 2. The molecule has 0 saturated carbocycles. The number of carbonyl (C=O) groups excluding carboxylic acids is 1. The fraction of sp³-hybridized carbons (Fsp3) is 0.273. The summed E-state index contributed by atoms with van der Waals surface area (Å²) in [5.41, 5.74) is 4.65. The van der Waals surface area contributed by atoms with Crippen LogP contribution in [0.5, 0.6) is 0 Å². The first-order valence-electron chi connectivity index (χ1n) is 10.4. The van der Waals surface area contributed by atoms with Gasteiger partial charge in [0.1, 0.15) is 0 Å². The van der Waals surface area contributed by atoms with E-state index in [1.807, 2.05) is 41.7 Å². The lowest BCUT2D eigenvalue weighted by Crippen LogP contribution is -2.46. The summed E-state index contributed by atoms with van der Waals surface area (Å²) in [6, 6.07) is 5.35. The molecule has 0 unspecified atom stereocenters. The van der Waals surface area contributed by atoms with Crippen LogP contribution in [-0.2, 0) is 7.05 Å². The molecule has 0 spiro atoms. The first kappa shape index (κ1) is 20.5. The number of fused-ring (bicyclic) bond motifs is 1. The number of benzene rings is 1. The summed E-state index contributed by atoms with van der Waals surface area (Å²) >= 11 is 6.49. The lowest BCUT2D eigenvalue weighted by molar-refractivity contribution is 0.0736. The van der Waals surface area contributed by atoms with E-state index in [9.17, 15) is 4.79 Å². The van der Waals surface area contributed by atoms with Crippen molar-refractivity contribution >= 4 is 34.7 Å². The highest BCUT2D eigenvalue weighted by Crippen LogP contribution is 2.28. The quantitative estimate of drug-likeness (QED) is 0.496. The molecular weight excluding hydrogens is 428 g/mol. The van der Waals surface area contributed by atoms with Crippen molar-refractivity contribution in [2.45, 2.75) is 6.92 Å². The van der Waals surface area contributed by atoms with Crippen LogP contribution in [0.2, 0.25) is 5.02 Å². The number of nitrogens with zero attached hydrogens (tertiary/aromatic N) is 6. The molecule has 1 aromatic carbocycles. The van der Waals surface area contributed by atoms with Gasteiger partial charge in [-0.1, -0.05) is 11.6 Å². The minimum Gasteiger partial charge on any atom is -0.337 e. The number of halogens is 1. The summed E-state index contributed by atoms with van der Waals surface area (Å²) < 4.78 is 3.75. The highest BCUT2D eigenvalue weighted by Gasteiger charge is 2.21. The molecule has 5 rings (SSSR count). The Hall–Kier alpha value is -3.43. The fourth-order valence-electron chi connectivity index (χ4n) is 3.90. The zero-order valence-electron chi connectivity index (χ0n) is 17.8.